The number of fused-ring (bicyclic) bond motifs is 1. The number of hydrogen-bond donors (Lipinski definition) is 1. The first-order valence-electron chi connectivity index (χ1n) is 4.07. The van der Waals surface area contributed by atoms with E-state index in [1.807, 2.05) is 6.07 Å². The number of hydrogen-bond acceptors (Lipinski definition) is 2. The topological polar surface area (TPSA) is 41.6 Å². The Labute approximate surface area is 70.8 Å². The lowest BCUT2D eigenvalue weighted by Gasteiger charge is -1.97. The maximum atomic E-state index is 3.98. The molecule has 0 fully saturated rings. The van der Waals surface area contributed by atoms with Gasteiger partial charge in [0.25, 0.3) is 0 Å². The van der Waals surface area contributed by atoms with Crippen molar-refractivity contribution < 1.29 is 0 Å². The molecule has 0 amide bonds. The molecular formula is C9H11N3. The summed E-state index contributed by atoms with van der Waals surface area (Å²) in [5, 5.41) is 8.92. The normalized spacial score (nSPS) is 11.2. The molecule has 0 aliphatic carbocycles. The highest BCUT2D eigenvalue weighted by molar-refractivity contribution is 5.75. The van der Waals surface area contributed by atoms with Crippen molar-refractivity contribution in [3.05, 3.63) is 24.0 Å². The van der Waals surface area contributed by atoms with Crippen LogP contribution in [0, 0.1) is 0 Å². The molecule has 0 spiro atoms. The molecule has 0 aliphatic rings. The van der Waals surface area contributed by atoms with Gasteiger partial charge in [-0.1, -0.05) is 13.8 Å². The van der Waals surface area contributed by atoms with Gasteiger partial charge in [0.15, 0.2) is 5.65 Å². The van der Waals surface area contributed by atoms with Crippen LogP contribution < -0.4 is 0 Å². The van der Waals surface area contributed by atoms with Crippen molar-refractivity contribution in [2.45, 2.75) is 19.8 Å². The first kappa shape index (κ1) is 7.28. The van der Waals surface area contributed by atoms with E-state index in [1.165, 1.54) is 5.69 Å². The maximum absolute atomic E-state index is 3.98. The second-order valence-electron chi connectivity index (χ2n) is 3.21. The van der Waals surface area contributed by atoms with Gasteiger partial charge < -0.3 is 4.98 Å². The molecule has 1 N–H and O–H groups in total. The molecule has 2 aromatic rings. The van der Waals surface area contributed by atoms with Crippen molar-refractivity contribution in [1.29, 1.82) is 0 Å². The highest BCUT2D eigenvalue weighted by atomic mass is 15.1. The third kappa shape index (κ3) is 1.07. The van der Waals surface area contributed by atoms with Crippen molar-refractivity contribution >= 4 is 11.0 Å². The van der Waals surface area contributed by atoms with Gasteiger partial charge in [-0.25, -0.2) is 0 Å². The highest BCUT2D eigenvalue weighted by Gasteiger charge is 2.03. The van der Waals surface area contributed by atoms with Gasteiger partial charge >= 0.3 is 0 Å². The van der Waals surface area contributed by atoms with E-state index in [9.17, 15) is 0 Å². The standard InChI is InChI=1S/C9H11N3/c1-6(2)8-5-7-3-4-10-12-9(7)11-8/h3-6H,1-2H3,(H,11,12). The van der Waals surface area contributed by atoms with Crippen molar-refractivity contribution in [1.82, 2.24) is 15.2 Å². The Bertz CT molecular complexity index is 356. The zero-order chi connectivity index (χ0) is 8.55. The van der Waals surface area contributed by atoms with E-state index in [1.54, 1.807) is 6.20 Å². The molecule has 2 heterocycles. The Morgan fingerprint density at radius 1 is 1.42 bits per heavy atom. The van der Waals surface area contributed by atoms with Crippen LogP contribution in [0.4, 0.5) is 0 Å². The second-order valence-corrected chi connectivity index (χ2v) is 3.21. The van der Waals surface area contributed by atoms with Crippen molar-refractivity contribution in [2.75, 3.05) is 0 Å². The summed E-state index contributed by atoms with van der Waals surface area (Å²) in [6.45, 7) is 4.30. The molecule has 2 rings (SSSR count). The SMILES string of the molecule is CC(C)c1cc2ccnnc2[nH]1. The van der Waals surface area contributed by atoms with Gasteiger partial charge in [-0.2, -0.15) is 5.10 Å². The molecule has 0 bridgehead atoms. The third-order valence-corrected chi connectivity index (χ3v) is 1.95. The molecule has 62 valence electrons. The second kappa shape index (κ2) is 2.59. The van der Waals surface area contributed by atoms with Gasteiger partial charge in [-0.15, -0.1) is 5.10 Å². The van der Waals surface area contributed by atoms with Crippen molar-refractivity contribution in [3.63, 3.8) is 0 Å². The van der Waals surface area contributed by atoms with Gasteiger partial charge in [-0.05, 0) is 18.1 Å². The number of nitrogens with one attached hydrogen (secondary N) is 1. The van der Waals surface area contributed by atoms with E-state index in [4.69, 9.17) is 0 Å². The number of rotatable bonds is 1. The molecule has 0 aromatic carbocycles. The highest BCUT2D eigenvalue weighted by Crippen LogP contribution is 2.17. The number of H-pyrrole nitrogens is 1. The van der Waals surface area contributed by atoms with Crippen LogP contribution in [-0.2, 0) is 0 Å². The van der Waals surface area contributed by atoms with Crippen LogP contribution in [0.3, 0.4) is 0 Å². The number of aromatic nitrogens is 3. The summed E-state index contributed by atoms with van der Waals surface area (Å²) < 4.78 is 0. The molecule has 0 radical (unpaired) electrons. The Kier molecular flexibility index (Phi) is 1.57. The summed E-state index contributed by atoms with van der Waals surface area (Å²) in [5.41, 5.74) is 2.09. The van der Waals surface area contributed by atoms with Crippen LogP contribution in [0.1, 0.15) is 25.5 Å². The fourth-order valence-electron chi connectivity index (χ4n) is 1.21. The molecule has 2 aromatic heterocycles. The van der Waals surface area contributed by atoms with E-state index >= 15 is 0 Å². The van der Waals surface area contributed by atoms with Gasteiger partial charge in [-0.3, -0.25) is 0 Å². The first-order valence-corrected chi connectivity index (χ1v) is 4.07. The molecule has 0 saturated carbocycles. The lowest BCUT2D eigenvalue weighted by atomic mass is 10.1. The van der Waals surface area contributed by atoms with Gasteiger partial charge in [0, 0.05) is 11.1 Å². The number of nitrogens with zero attached hydrogens (tertiary/aromatic N) is 2. The summed E-state index contributed by atoms with van der Waals surface area (Å²) >= 11 is 0. The summed E-state index contributed by atoms with van der Waals surface area (Å²) in [5.74, 6) is 0.513. The molecular weight excluding hydrogens is 150 g/mol. The molecule has 0 unspecified atom stereocenters. The van der Waals surface area contributed by atoms with Crippen molar-refractivity contribution in [3.8, 4) is 0 Å². The van der Waals surface area contributed by atoms with E-state index in [0.29, 0.717) is 5.92 Å². The lowest BCUT2D eigenvalue weighted by molar-refractivity contribution is 0.834. The predicted octanol–water partition coefficient (Wildman–Crippen LogP) is 2.08. The minimum atomic E-state index is 0.513. The summed E-state index contributed by atoms with van der Waals surface area (Å²) in [7, 11) is 0. The van der Waals surface area contributed by atoms with E-state index in [2.05, 4.69) is 35.1 Å². The van der Waals surface area contributed by atoms with E-state index in [0.717, 1.165) is 11.0 Å². The molecule has 12 heavy (non-hydrogen) atoms. The minimum absolute atomic E-state index is 0.513. The van der Waals surface area contributed by atoms with E-state index in [-0.39, 0.29) is 0 Å². The average Bonchev–Trinajstić information content (AvgIpc) is 2.46. The van der Waals surface area contributed by atoms with Crippen LogP contribution in [0.2, 0.25) is 0 Å². The monoisotopic (exact) mass is 161 g/mol. The van der Waals surface area contributed by atoms with Crippen molar-refractivity contribution in [2.24, 2.45) is 0 Å². The number of aromatic amines is 1. The van der Waals surface area contributed by atoms with Crippen LogP contribution in [-0.4, -0.2) is 15.2 Å². The van der Waals surface area contributed by atoms with Crippen LogP contribution >= 0.6 is 0 Å². The van der Waals surface area contributed by atoms with Gasteiger partial charge in [0.2, 0.25) is 0 Å². The molecule has 3 heteroatoms. The molecule has 0 atom stereocenters. The Morgan fingerprint density at radius 2 is 2.25 bits per heavy atom. The third-order valence-electron chi connectivity index (χ3n) is 1.95. The quantitative estimate of drug-likeness (QED) is 0.695. The molecule has 0 aliphatic heterocycles. The van der Waals surface area contributed by atoms with Gasteiger partial charge in [0.1, 0.15) is 0 Å². The fourth-order valence-corrected chi connectivity index (χ4v) is 1.21. The maximum Gasteiger partial charge on any atom is 0.160 e. The zero-order valence-corrected chi connectivity index (χ0v) is 7.20. The van der Waals surface area contributed by atoms with E-state index < -0.39 is 0 Å². The van der Waals surface area contributed by atoms with Crippen LogP contribution in [0.25, 0.3) is 11.0 Å². The van der Waals surface area contributed by atoms with Gasteiger partial charge in [0.05, 0.1) is 6.20 Å². The Morgan fingerprint density at radius 3 is 2.92 bits per heavy atom. The fraction of sp³-hybridized carbons (Fsp3) is 0.333. The van der Waals surface area contributed by atoms with Crippen LogP contribution in [0.5, 0.6) is 0 Å². The molecule has 3 nitrogen and oxygen atoms in total. The minimum Gasteiger partial charge on any atom is -0.342 e. The Hall–Kier alpha value is -1.38. The Balaban J connectivity index is 2.62. The average molecular weight is 161 g/mol. The summed E-state index contributed by atoms with van der Waals surface area (Å²) in [6, 6.07) is 4.08. The zero-order valence-electron chi connectivity index (χ0n) is 7.20. The smallest absolute Gasteiger partial charge is 0.160 e. The summed E-state index contributed by atoms with van der Waals surface area (Å²) in [4.78, 5) is 3.22. The lowest BCUT2D eigenvalue weighted by Crippen LogP contribution is -1.85. The predicted molar refractivity (Wildman–Crippen MR) is 48.0 cm³/mol. The van der Waals surface area contributed by atoms with Crippen LogP contribution in [0.15, 0.2) is 18.3 Å². The summed E-state index contributed by atoms with van der Waals surface area (Å²) in [6.07, 6.45) is 1.71. The first-order chi connectivity index (χ1) is 5.77. The molecule has 0 saturated heterocycles. The largest absolute Gasteiger partial charge is 0.342 e.